The minimum atomic E-state index is 0. The molecule has 0 unspecified atom stereocenters. The molecular formula is C17H17Cl2N3O2. The normalized spacial score (nSPS) is 11.6. The summed E-state index contributed by atoms with van der Waals surface area (Å²) in [6.45, 7) is 2.03. The van der Waals surface area contributed by atoms with Crippen LogP contribution in [0.1, 0.15) is 18.5 Å². The van der Waals surface area contributed by atoms with Crippen LogP contribution in [0.25, 0.3) is 10.9 Å². The number of ether oxygens (including phenoxy) is 1. The minimum Gasteiger partial charge on any atom is -0.504 e. The molecule has 0 aliphatic heterocycles. The zero-order valence-electron chi connectivity index (χ0n) is 13.2. The predicted molar refractivity (Wildman–Crippen MR) is 98.5 cm³/mol. The highest BCUT2D eigenvalue weighted by Gasteiger charge is 2.12. The Hall–Kier alpha value is -2.24. The Kier molecular flexibility index (Phi) is 5.70. The molecule has 1 heterocycles. The topological polar surface area (TPSA) is 67.3 Å². The predicted octanol–water partition coefficient (Wildman–Crippen LogP) is 4.59. The van der Waals surface area contributed by atoms with Crippen molar-refractivity contribution >= 4 is 40.7 Å². The van der Waals surface area contributed by atoms with E-state index in [-0.39, 0.29) is 24.2 Å². The summed E-state index contributed by atoms with van der Waals surface area (Å²) < 4.78 is 5.11. The third kappa shape index (κ3) is 3.63. The molecule has 0 bridgehead atoms. The van der Waals surface area contributed by atoms with E-state index in [1.165, 1.54) is 13.4 Å². The Morgan fingerprint density at radius 1 is 1.17 bits per heavy atom. The van der Waals surface area contributed by atoms with E-state index < -0.39 is 0 Å². The van der Waals surface area contributed by atoms with Crippen molar-refractivity contribution in [3.05, 3.63) is 53.3 Å². The first-order valence-electron chi connectivity index (χ1n) is 7.12. The van der Waals surface area contributed by atoms with Crippen molar-refractivity contribution in [3.8, 4) is 11.5 Å². The van der Waals surface area contributed by atoms with Crippen LogP contribution in [0.4, 0.5) is 5.82 Å². The molecule has 0 amide bonds. The molecule has 2 aromatic carbocycles. The molecule has 0 aliphatic carbocycles. The average Bonchev–Trinajstić information content (AvgIpc) is 2.55. The van der Waals surface area contributed by atoms with Gasteiger partial charge in [0.15, 0.2) is 11.5 Å². The lowest BCUT2D eigenvalue weighted by atomic mass is 10.1. The van der Waals surface area contributed by atoms with Gasteiger partial charge in [-0.2, -0.15) is 0 Å². The Morgan fingerprint density at radius 2 is 1.88 bits per heavy atom. The van der Waals surface area contributed by atoms with Gasteiger partial charge in [-0.3, -0.25) is 0 Å². The third-order valence-electron chi connectivity index (χ3n) is 3.66. The van der Waals surface area contributed by atoms with Crippen LogP contribution in [-0.2, 0) is 0 Å². The number of benzene rings is 2. The number of methoxy groups -OCH3 is 1. The number of anilines is 1. The van der Waals surface area contributed by atoms with E-state index in [1.54, 1.807) is 12.1 Å². The zero-order chi connectivity index (χ0) is 16.4. The minimum absolute atomic E-state index is 0. The standard InChI is InChI=1S/C17H16ClN3O2.ClH/c1-10(11-3-5-12(18)6-4-11)21-17-13-7-15(22)16(23-2)8-14(13)19-9-20-17;/h3-10,22H,1-2H3,(H,19,20,21);1H/t10-;/m1./s1. The molecular weight excluding hydrogens is 349 g/mol. The zero-order valence-corrected chi connectivity index (χ0v) is 14.7. The molecule has 0 spiro atoms. The van der Waals surface area contributed by atoms with Crippen LogP contribution in [0.15, 0.2) is 42.7 Å². The van der Waals surface area contributed by atoms with E-state index in [0.717, 1.165) is 10.9 Å². The molecule has 2 N–H and O–H groups in total. The Bertz CT molecular complexity index is 841. The molecule has 0 fully saturated rings. The van der Waals surface area contributed by atoms with E-state index in [0.29, 0.717) is 22.1 Å². The SMILES string of the molecule is COc1cc2ncnc(N[C@H](C)c3ccc(Cl)cc3)c2cc1O.Cl. The largest absolute Gasteiger partial charge is 0.504 e. The first-order chi connectivity index (χ1) is 11.1. The highest BCUT2D eigenvalue weighted by molar-refractivity contribution is 6.30. The Labute approximate surface area is 151 Å². The lowest BCUT2D eigenvalue weighted by molar-refractivity contribution is 0.374. The summed E-state index contributed by atoms with van der Waals surface area (Å²) in [5.74, 6) is 1.08. The summed E-state index contributed by atoms with van der Waals surface area (Å²) in [7, 11) is 1.50. The second-order valence-corrected chi connectivity index (χ2v) is 5.62. The number of rotatable bonds is 4. The van der Waals surface area contributed by atoms with E-state index in [9.17, 15) is 5.11 Å². The average molecular weight is 366 g/mol. The number of nitrogens with zero attached hydrogens (tertiary/aromatic N) is 2. The molecule has 0 saturated heterocycles. The van der Waals surface area contributed by atoms with Crippen LogP contribution in [0.3, 0.4) is 0 Å². The number of hydrogen-bond donors (Lipinski definition) is 2. The van der Waals surface area contributed by atoms with Crippen LogP contribution in [0.5, 0.6) is 11.5 Å². The Balaban J connectivity index is 0.00000208. The van der Waals surface area contributed by atoms with Gasteiger partial charge in [0.2, 0.25) is 0 Å². The maximum absolute atomic E-state index is 9.99. The highest BCUT2D eigenvalue weighted by atomic mass is 35.5. The maximum Gasteiger partial charge on any atom is 0.162 e. The van der Waals surface area contributed by atoms with E-state index >= 15 is 0 Å². The van der Waals surface area contributed by atoms with Crippen molar-refractivity contribution in [1.29, 1.82) is 0 Å². The molecule has 126 valence electrons. The van der Waals surface area contributed by atoms with Crippen molar-refractivity contribution in [2.24, 2.45) is 0 Å². The first-order valence-corrected chi connectivity index (χ1v) is 7.50. The third-order valence-corrected chi connectivity index (χ3v) is 3.91. The van der Waals surface area contributed by atoms with Crippen molar-refractivity contribution in [1.82, 2.24) is 9.97 Å². The van der Waals surface area contributed by atoms with Gasteiger partial charge in [-0.05, 0) is 30.7 Å². The molecule has 1 atom stereocenters. The van der Waals surface area contributed by atoms with Crippen molar-refractivity contribution in [3.63, 3.8) is 0 Å². The Morgan fingerprint density at radius 3 is 2.54 bits per heavy atom. The number of hydrogen-bond acceptors (Lipinski definition) is 5. The number of fused-ring (bicyclic) bond motifs is 1. The number of aromatic nitrogens is 2. The van der Waals surface area contributed by atoms with Crippen LogP contribution >= 0.6 is 24.0 Å². The molecule has 24 heavy (non-hydrogen) atoms. The van der Waals surface area contributed by atoms with Gasteiger partial charge in [0, 0.05) is 22.5 Å². The van der Waals surface area contributed by atoms with Crippen molar-refractivity contribution in [2.45, 2.75) is 13.0 Å². The maximum atomic E-state index is 9.99. The molecule has 7 heteroatoms. The van der Waals surface area contributed by atoms with Gasteiger partial charge in [-0.15, -0.1) is 12.4 Å². The smallest absolute Gasteiger partial charge is 0.162 e. The van der Waals surface area contributed by atoms with Gasteiger partial charge in [-0.25, -0.2) is 9.97 Å². The lowest BCUT2D eigenvalue weighted by Crippen LogP contribution is -2.08. The van der Waals surface area contributed by atoms with Crippen LogP contribution in [-0.4, -0.2) is 22.2 Å². The van der Waals surface area contributed by atoms with Crippen molar-refractivity contribution in [2.75, 3.05) is 12.4 Å². The highest BCUT2D eigenvalue weighted by Crippen LogP contribution is 2.33. The van der Waals surface area contributed by atoms with Crippen LogP contribution in [0, 0.1) is 0 Å². The van der Waals surface area contributed by atoms with Gasteiger partial charge in [0.1, 0.15) is 12.1 Å². The number of phenolic OH excluding ortho intramolecular Hbond substituents is 1. The fraction of sp³-hybridized carbons (Fsp3) is 0.176. The molecule has 0 radical (unpaired) electrons. The van der Waals surface area contributed by atoms with Gasteiger partial charge in [-0.1, -0.05) is 23.7 Å². The van der Waals surface area contributed by atoms with E-state index in [1.807, 2.05) is 31.2 Å². The van der Waals surface area contributed by atoms with Crippen LogP contribution in [0.2, 0.25) is 5.02 Å². The van der Waals surface area contributed by atoms with Gasteiger partial charge in [0.25, 0.3) is 0 Å². The fourth-order valence-corrected chi connectivity index (χ4v) is 2.52. The monoisotopic (exact) mass is 365 g/mol. The molecule has 0 saturated carbocycles. The number of phenols is 1. The quantitative estimate of drug-likeness (QED) is 0.707. The fourth-order valence-electron chi connectivity index (χ4n) is 2.39. The molecule has 0 aliphatic rings. The number of halogens is 2. The molecule has 3 aromatic rings. The van der Waals surface area contributed by atoms with Gasteiger partial charge >= 0.3 is 0 Å². The summed E-state index contributed by atoms with van der Waals surface area (Å²) in [5, 5.41) is 14.8. The number of nitrogens with one attached hydrogen (secondary N) is 1. The molecule has 1 aromatic heterocycles. The molecule has 3 rings (SSSR count). The van der Waals surface area contributed by atoms with Crippen LogP contribution < -0.4 is 10.1 Å². The summed E-state index contributed by atoms with van der Waals surface area (Å²) in [4.78, 5) is 8.51. The summed E-state index contributed by atoms with van der Waals surface area (Å²) in [5.41, 5.74) is 1.78. The second kappa shape index (κ2) is 7.55. The second-order valence-electron chi connectivity index (χ2n) is 5.18. The lowest BCUT2D eigenvalue weighted by Gasteiger charge is -2.16. The van der Waals surface area contributed by atoms with Gasteiger partial charge < -0.3 is 15.2 Å². The first kappa shape index (κ1) is 18.1. The van der Waals surface area contributed by atoms with E-state index in [4.69, 9.17) is 16.3 Å². The summed E-state index contributed by atoms with van der Waals surface area (Å²) in [6, 6.07) is 10.9. The number of aromatic hydroxyl groups is 1. The van der Waals surface area contributed by atoms with Gasteiger partial charge in [0.05, 0.1) is 12.6 Å². The van der Waals surface area contributed by atoms with Crippen molar-refractivity contribution < 1.29 is 9.84 Å². The van der Waals surface area contributed by atoms with E-state index in [2.05, 4.69) is 15.3 Å². The summed E-state index contributed by atoms with van der Waals surface area (Å²) in [6.07, 6.45) is 1.48. The molecule has 5 nitrogen and oxygen atoms in total. The summed E-state index contributed by atoms with van der Waals surface area (Å²) >= 11 is 5.92.